The Balaban J connectivity index is 1.64. The topological polar surface area (TPSA) is 66.5 Å². The van der Waals surface area contributed by atoms with E-state index in [1.807, 2.05) is 42.5 Å². The van der Waals surface area contributed by atoms with Crippen molar-refractivity contribution in [3.63, 3.8) is 0 Å². The number of nitrogens with one attached hydrogen (secondary N) is 1. The molecule has 0 aliphatic heterocycles. The van der Waals surface area contributed by atoms with Crippen molar-refractivity contribution in [2.24, 2.45) is 0 Å². The Kier molecular flexibility index (Phi) is 5.69. The number of carbonyl (C=O) groups is 1. The molecule has 27 heavy (non-hydrogen) atoms. The van der Waals surface area contributed by atoms with E-state index in [1.165, 1.54) is 19.2 Å². The molecule has 0 heterocycles. The third-order valence-corrected chi connectivity index (χ3v) is 5.91. The molecule has 1 N–H and O–H groups in total. The summed E-state index contributed by atoms with van der Waals surface area (Å²) in [7, 11) is -2.31. The second-order valence-corrected chi connectivity index (χ2v) is 8.11. The van der Waals surface area contributed by atoms with Gasteiger partial charge in [-0.25, -0.2) is 8.42 Å². The van der Waals surface area contributed by atoms with E-state index in [-0.39, 0.29) is 11.4 Å². The highest BCUT2D eigenvalue weighted by Gasteiger charge is 2.22. The summed E-state index contributed by atoms with van der Waals surface area (Å²) in [6.45, 7) is -0.266. The van der Waals surface area contributed by atoms with Gasteiger partial charge in [0.1, 0.15) is 0 Å². The van der Waals surface area contributed by atoms with Gasteiger partial charge in [-0.3, -0.25) is 4.79 Å². The minimum Gasteiger partial charge on any atom is -0.325 e. The number of sulfonamides is 1. The van der Waals surface area contributed by atoms with Gasteiger partial charge in [-0.05, 0) is 35.4 Å². The largest absolute Gasteiger partial charge is 0.325 e. The fourth-order valence-electron chi connectivity index (χ4n) is 2.64. The maximum Gasteiger partial charge on any atom is 0.243 e. The summed E-state index contributed by atoms with van der Waals surface area (Å²) in [5.41, 5.74) is 2.74. The predicted octanol–water partition coefficient (Wildman–Crippen LogP) is 3.61. The lowest BCUT2D eigenvalue weighted by atomic mass is 10.1. The molecule has 3 aromatic rings. The molecule has 0 atom stereocenters. The van der Waals surface area contributed by atoms with Gasteiger partial charge >= 0.3 is 0 Å². The summed E-state index contributed by atoms with van der Waals surface area (Å²) in [5, 5.41) is 2.73. The number of benzene rings is 3. The van der Waals surface area contributed by atoms with Crippen LogP contribution in [0.5, 0.6) is 0 Å². The molecule has 0 aliphatic carbocycles. The fraction of sp³-hybridized carbons (Fsp3) is 0.0952. The highest BCUT2D eigenvalue weighted by molar-refractivity contribution is 7.89. The van der Waals surface area contributed by atoms with Crippen LogP contribution in [-0.4, -0.2) is 32.2 Å². The van der Waals surface area contributed by atoms with Crippen LogP contribution in [0.25, 0.3) is 11.1 Å². The summed E-state index contributed by atoms with van der Waals surface area (Å²) in [4.78, 5) is 12.4. The standard InChI is InChI=1S/C21H20N2O3S/c1-23(27(25,26)20-10-6-3-7-11-20)16-21(24)22-19-14-12-18(13-15-19)17-8-4-2-5-9-17/h2-15H,16H2,1H3,(H,22,24). The SMILES string of the molecule is CN(CC(=O)Nc1ccc(-c2ccccc2)cc1)S(=O)(=O)c1ccccc1. The van der Waals surface area contributed by atoms with Crippen LogP contribution in [0.4, 0.5) is 5.69 Å². The van der Waals surface area contributed by atoms with E-state index < -0.39 is 15.9 Å². The predicted molar refractivity (Wildman–Crippen MR) is 107 cm³/mol. The highest BCUT2D eigenvalue weighted by atomic mass is 32.2. The number of likely N-dealkylation sites (N-methyl/N-ethyl adjacent to an activating group) is 1. The summed E-state index contributed by atoms with van der Waals surface area (Å²) < 4.78 is 26.0. The van der Waals surface area contributed by atoms with Crippen molar-refractivity contribution in [3.05, 3.63) is 84.9 Å². The second-order valence-electron chi connectivity index (χ2n) is 6.07. The van der Waals surface area contributed by atoms with Crippen LogP contribution in [0.2, 0.25) is 0 Å². The summed E-state index contributed by atoms with van der Waals surface area (Å²) in [6, 6.07) is 25.4. The first-order valence-corrected chi connectivity index (χ1v) is 9.87. The van der Waals surface area contributed by atoms with Crippen LogP contribution in [0, 0.1) is 0 Å². The quantitative estimate of drug-likeness (QED) is 0.710. The molecular formula is C21H20N2O3S. The lowest BCUT2D eigenvalue weighted by Crippen LogP contribution is -2.34. The van der Waals surface area contributed by atoms with Crippen molar-refractivity contribution in [2.45, 2.75) is 4.90 Å². The number of hydrogen-bond acceptors (Lipinski definition) is 3. The van der Waals surface area contributed by atoms with E-state index in [4.69, 9.17) is 0 Å². The van der Waals surface area contributed by atoms with Crippen molar-refractivity contribution in [1.82, 2.24) is 4.31 Å². The molecule has 6 heteroatoms. The third kappa shape index (κ3) is 4.61. The molecule has 0 bridgehead atoms. The Labute approximate surface area is 159 Å². The third-order valence-electron chi connectivity index (χ3n) is 4.09. The van der Waals surface area contributed by atoms with Gasteiger partial charge in [-0.1, -0.05) is 60.7 Å². The van der Waals surface area contributed by atoms with Crippen molar-refractivity contribution in [3.8, 4) is 11.1 Å². The smallest absolute Gasteiger partial charge is 0.243 e. The first-order chi connectivity index (χ1) is 13.0. The Bertz CT molecular complexity index is 1000. The lowest BCUT2D eigenvalue weighted by molar-refractivity contribution is -0.116. The number of amides is 1. The van der Waals surface area contributed by atoms with Gasteiger partial charge in [-0.2, -0.15) is 4.31 Å². The normalized spacial score (nSPS) is 11.3. The van der Waals surface area contributed by atoms with E-state index in [9.17, 15) is 13.2 Å². The van der Waals surface area contributed by atoms with Gasteiger partial charge < -0.3 is 5.32 Å². The first-order valence-electron chi connectivity index (χ1n) is 8.43. The lowest BCUT2D eigenvalue weighted by Gasteiger charge is -2.17. The van der Waals surface area contributed by atoms with E-state index >= 15 is 0 Å². The Morgan fingerprint density at radius 3 is 1.93 bits per heavy atom. The molecule has 0 spiro atoms. The van der Waals surface area contributed by atoms with Gasteiger partial charge in [-0.15, -0.1) is 0 Å². The molecule has 1 amide bonds. The molecule has 3 aromatic carbocycles. The molecule has 0 radical (unpaired) electrons. The zero-order chi connectivity index (χ0) is 19.3. The van der Waals surface area contributed by atoms with E-state index in [0.29, 0.717) is 5.69 Å². The Morgan fingerprint density at radius 2 is 1.33 bits per heavy atom. The molecule has 0 saturated carbocycles. The van der Waals surface area contributed by atoms with E-state index in [1.54, 1.807) is 30.3 Å². The van der Waals surface area contributed by atoms with Crippen molar-refractivity contribution < 1.29 is 13.2 Å². The van der Waals surface area contributed by atoms with Gasteiger partial charge in [0.05, 0.1) is 11.4 Å². The number of anilines is 1. The first kappa shape index (κ1) is 18.8. The van der Waals surface area contributed by atoms with Crippen LogP contribution in [-0.2, 0) is 14.8 Å². The molecule has 0 aromatic heterocycles. The molecule has 0 aliphatic rings. The minimum absolute atomic E-state index is 0.160. The van der Waals surface area contributed by atoms with Crippen LogP contribution >= 0.6 is 0 Å². The molecule has 3 rings (SSSR count). The number of rotatable bonds is 6. The van der Waals surface area contributed by atoms with Crippen LogP contribution in [0.1, 0.15) is 0 Å². The van der Waals surface area contributed by atoms with Gasteiger partial charge in [0.25, 0.3) is 0 Å². The zero-order valence-corrected chi connectivity index (χ0v) is 15.7. The van der Waals surface area contributed by atoms with Crippen LogP contribution < -0.4 is 5.32 Å². The molecule has 5 nitrogen and oxygen atoms in total. The van der Waals surface area contributed by atoms with Gasteiger partial charge in [0, 0.05) is 12.7 Å². The molecule has 138 valence electrons. The van der Waals surface area contributed by atoms with Crippen molar-refractivity contribution >= 4 is 21.6 Å². The summed E-state index contributed by atoms with van der Waals surface area (Å²) in [6.07, 6.45) is 0. The molecule has 0 unspecified atom stereocenters. The Morgan fingerprint density at radius 1 is 0.815 bits per heavy atom. The maximum atomic E-state index is 12.5. The number of nitrogens with zero attached hydrogens (tertiary/aromatic N) is 1. The van der Waals surface area contributed by atoms with Crippen molar-refractivity contribution in [2.75, 3.05) is 18.9 Å². The molecular weight excluding hydrogens is 360 g/mol. The van der Waals surface area contributed by atoms with Crippen molar-refractivity contribution in [1.29, 1.82) is 0 Å². The van der Waals surface area contributed by atoms with E-state index in [0.717, 1.165) is 15.4 Å². The number of carbonyl (C=O) groups excluding carboxylic acids is 1. The fourth-order valence-corrected chi connectivity index (χ4v) is 3.78. The minimum atomic E-state index is -3.70. The zero-order valence-electron chi connectivity index (χ0n) is 14.9. The average molecular weight is 380 g/mol. The summed E-state index contributed by atoms with van der Waals surface area (Å²) >= 11 is 0. The number of hydrogen-bond donors (Lipinski definition) is 1. The van der Waals surface area contributed by atoms with Crippen LogP contribution in [0.3, 0.4) is 0 Å². The van der Waals surface area contributed by atoms with Gasteiger partial charge in [0.15, 0.2) is 0 Å². The average Bonchev–Trinajstić information content (AvgIpc) is 2.70. The monoisotopic (exact) mass is 380 g/mol. The highest BCUT2D eigenvalue weighted by Crippen LogP contribution is 2.21. The van der Waals surface area contributed by atoms with Crippen LogP contribution in [0.15, 0.2) is 89.8 Å². The second kappa shape index (κ2) is 8.16. The molecule has 0 saturated heterocycles. The maximum absolute atomic E-state index is 12.5. The molecule has 0 fully saturated rings. The summed E-state index contributed by atoms with van der Waals surface area (Å²) in [5.74, 6) is -0.399. The van der Waals surface area contributed by atoms with E-state index in [2.05, 4.69) is 5.32 Å². The van der Waals surface area contributed by atoms with Gasteiger partial charge in [0.2, 0.25) is 15.9 Å². The Hall–Kier alpha value is -2.96.